The zero-order valence-corrected chi connectivity index (χ0v) is 17.8. The van der Waals surface area contributed by atoms with Gasteiger partial charge in [-0.05, 0) is 62.6 Å². The second-order valence-electron chi connectivity index (χ2n) is 6.85. The van der Waals surface area contributed by atoms with Crippen LogP contribution in [0.2, 0.25) is 5.02 Å². The highest BCUT2D eigenvalue weighted by Crippen LogP contribution is 2.25. The number of rotatable bonds is 6. The largest absolute Gasteiger partial charge is 0.348 e. The highest BCUT2D eigenvalue weighted by Gasteiger charge is 2.23. The molecule has 0 aromatic heterocycles. The van der Waals surface area contributed by atoms with Gasteiger partial charge in [0.15, 0.2) is 0 Å². The average Bonchev–Trinajstić information content (AvgIpc) is 2.54. The fraction of sp³-hybridized carbons (Fsp3) is 0.350. The molecule has 0 unspecified atom stereocenters. The molecule has 0 saturated heterocycles. The molecule has 2 rings (SSSR count). The monoisotopic (exact) mass is 408 g/mol. The summed E-state index contributed by atoms with van der Waals surface area (Å²) in [6, 6.07) is 10.7. The van der Waals surface area contributed by atoms with Crippen LogP contribution in [0.3, 0.4) is 0 Å². The molecule has 0 aliphatic carbocycles. The second-order valence-corrected chi connectivity index (χ2v) is 9.19. The molecular formula is C20H25ClN2O3S. The lowest BCUT2D eigenvalue weighted by atomic mass is 10.00. The molecule has 1 N–H and O–H groups in total. The minimum Gasteiger partial charge on any atom is -0.348 e. The smallest absolute Gasteiger partial charge is 0.241 e. The van der Waals surface area contributed by atoms with E-state index in [1.54, 1.807) is 25.1 Å². The predicted octanol–water partition coefficient (Wildman–Crippen LogP) is 3.91. The van der Waals surface area contributed by atoms with Gasteiger partial charge >= 0.3 is 0 Å². The highest BCUT2D eigenvalue weighted by molar-refractivity contribution is 7.92. The van der Waals surface area contributed by atoms with Gasteiger partial charge in [0, 0.05) is 5.02 Å². The lowest BCUT2D eigenvalue weighted by Gasteiger charge is -2.25. The summed E-state index contributed by atoms with van der Waals surface area (Å²) in [5.41, 5.74) is 4.31. The first-order valence-corrected chi connectivity index (χ1v) is 10.8. The Morgan fingerprint density at radius 2 is 1.78 bits per heavy atom. The standard InChI is InChI=1S/C20H25ClN2O3S/c1-13-6-7-14(2)18(10-13)16(4)22-20(24)12-23(27(5,25)26)19-9-8-17(21)11-15(19)3/h6-11,16H,12H2,1-5H3,(H,22,24)/t16-/m0/s1. The van der Waals surface area contributed by atoms with Crippen LogP contribution in [-0.2, 0) is 14.8 Å². The number of carbonyl (C=O) groups excluding carboxylic acids is 1. The molecule has 0 aliphatic heterocycles. The second kappa shape index (κ2) is 8.31. The van der Waals surface area contributed by atoms with E-state index in [0.29, 0.717) is 16.3 Å². The fourth-order valence-corrected chi connectivity index (χ4v) is 4.14. The van der Waals surface area contributed by atoms with E-state index in [2.05, 4.69) is 5.32 Å². The van der Waals surface area contributed by atoms with Gasteiger partial charge in [0.25, 0.3) is 0 Å². The van der Waals surface area contributed by atoms with Gasteiger partial charge in [0.1, 0.15) is 6.54 Å². The molecule has 146 valence electrons. The molecule has 0 saturated carbocycles. The van der Waals surface area contributed by atoms with Gasteiger partial charge < -0.3 is 5.32 Å². The van der Waals surface area contributed by atoms with Gasteiger partial charge in [-0.25, -0.2) is 8.42 Å². The number of hydrogen-bond acceptors (Lipinski definition) is 3. The summed E-state index contributed by atoms with van der Waals surface area (Å²) in [5.74, 6) is -0.372. The van der Waals surface area contributed by atoms with Crippen molar-refractivity contribution in [3.63, 3.8) is 0 Å². The molecule has 2 aromatic rings. The Labute approximate surface area is 166 Å². The molecule has 0 fully saturated rings. The van der Waals surface area contributed by atoms with Gasteiger partial charge in [0.2, 0.25) is 15.9 Å². The SMILES string of the molecule is Cc1ccc(C)c([C@H](C)NC(=O)CN(c2ccc(Cl)cc2C)S(C)(=O)=O)c1. The zero-order valence-electron chi connectivity index (χ0n) is 16.2. The van der Waals surface area contributed by atoms with Gasteiger partial charge in [-0.3, -0.25) is 9.10 Å². The maximum atomic E-state index is 12.6. The number of nitrogens with one attached hydrogen (secondary N) is 1. The fourth-order valence-electron chi connectivity index (χ4n) is 3.00. The molecule has 2 aromatic carbocycles. The van der Waals surface area contributed by atoms with E-state index in [4.69, 9.17) is 11.6 Å². The molecule has 1 amide bonds. The summed E-state index contributed by atoms with van der Waals surface area (Å²) in [4.78, 5) is 12.6. The molecule has 5 nitrogen and oxygen atoms in total. The average molecular weight is 409 g/mol. The summed E-state index contributed by atoms with van der Waals surface area (Å²) in [5, 5.41) is 3.41. The van der Waals surface area contributed by atoms with E-state index in [1.165, 1.54) is 0 Å². The van der Waals surface area contributed by atoms with Crippen molar-refractivity contribution in [1.82, 2.24) is 5.32 Å². The minimum absolute atomic E-state index is 0.231. The van der Waals surface area contributed by atoms with E-state index in [0.717, 1.165) is 27.3 Å². The third kappa shape index (κ3) is 5.47. The van der Waals surface area contributed by atoms with Crippen molar-refractivity contribution in [1.29, 1.82) is 0 Å². The Kier molecular flexibility index (Phi) is 6.54. The Morgan fingerprint density at radius 1 is 1.11 bits per heavy atom. The summed E-state index contributed by atoms with van der Waals surface area (Å²) in [6.07, 6.45) is 1.09. The lowest BCUT2D eigenvalue weighted by Crippen LogP contribution is -2.41. The van der Waals surface area contributed by atoms with E-state index in [9.17, 15) is 13.2 Å². The van der Waals surface area contributed by atoms with Crippen LogP contribution in [0.4, 0.5) is 5.69 Å². The molecule has 7 heteroatoms. The maximum absolute atomic E-state index is 12.6. The third-order valence-corrected chi connectivity index (χ3v) is 5.76. The topological polar surface area (TPSA) is 66.5 Å². The number of sulfonamides is 1. The van der Waals surface area contributed by atoms with Gasteiger partial charge in [-0.1, -0.05) is 35.4 Å². The first-order valence-electron chi connectivity index (χ1n) is 8.59. The Morgan fingerprint density at radius 3 is 2.37 bits per heavy atom. The van der Waals surface area contributed by atoms with Crippen LogP contribution in [-0.4, -0.2) is 27.1 Å². The predicted molar refractivity (Wildman–Crippen MR) is 111 cm³/mol. The number of anilines is 1. The van der Waals surface area contributed by atoms with E-state index in [-0.39, 0.29) is 18.5 Å². The number of hydrogen-bond donors (Lipinski definition) is 1. The summed E-state index contributed by atoms with van der Waals surface area (Å²) in [7, 11) is -3.63. The molecular weight excluding hydrogens is 384 g/mol. The molecule has 0 spiro atoms. The Bertz CT molecular complexity index is 958. The summed E-state index contributed by atoms with van der Waals surface area (Å²) >= 11 is 5.96. The van der Waals surface area contributed by atoms with E-state index < -0.39 is 10.0 Å². The van der Waals surface area contributed by atoms with Crippen molar-refractivity contribution in [2.24, 2.45) is 0 Å². The van der Waals surface area contributed by atoms with Gasteiger partial charge in [-0.2, -0.15) is 0 Å². The van der Waals surface area contributed by atoms with Crippen LogP contribution in [0.15, 0.2) is 36.4 Å². The highest BCUT2D eigenvalue weighted by atomic mass is 35.5. The Hall–Kier alpha value is -2.05. The molecule has 1 atom stereocenters. The van der Waals surface area contributed by atoms with Crippen LogP contribution >= 0.6 is 11.6 Å². The number of aryl methyl sites for hydroxylation is 3. The van der Waals surface area contributed by atoms with Crippen molar-refractivity contribution in [3.8, 4) is 0 Å². The van der Waals surface area contributed by atoms with Crippen LogP contribution in [0.25, 0.3) is 0 Å². The normalized spacial score (nSPS) is 12.5. The van der Waals surface area contributed by atoms with Crippen LogP contribution < -0.4 is 9.62 Å². The number of halogens is 1. The van der Waals surface area contributed by atoms with Gasteiger partial charge in [0.05, 0.1) is 18.0 Å². The van der Waals surface area contributed by atoms with Crippen molar-refractivity contribution >= 4 is 33.2 Å². The first kappa shape index (κ1) is 21.3. The van der Waals surface area contributed by atoms with Crippen LogP contribution in [0.5, 0.6) is 0 Å². The van der Waals surface area contributed by atoms with Crippen molar-refractivity contribution in [2.75, 3.05) is 17.1 Å². The first-order chi connectivity index (χ1) is 12.5. The number of nitrogens with zero attached hydrogens (tertiary/aromatic N) is 1. The van der Waals surface area contributed by atoms with E-state index >= 15 is 0 Å². The van der Waals surface area contributed by atoms with Crippen LogP contribution in [0, 0.1) is 20.8 Å². The quantitative estimate of drug-likeness (QED) is 0.787. The summed E-state index contributed by atoms with van der Waals surface area (Å²) < 4.78 is 25.6. The number of amides is 1. The number of benzene rings is 2. The van der Waals surface area contributed by atoms with E-state index in [1.807, 2.05) is 39.0 Å². The zero-order chi connectivity index (χ0) is 20.4. The maximum Gasteiger partial charge on any atom is 0.241 e. The molecule has 0 aliphatic rings. The molecule has 0 bridgehead atoms. The van der Waals surface area contributed by atoms with Gasteiger partial charge in [-0.15, -0.1) is 0 Å². The van der Waals surface area contributed by atoms with Crippen molar-refractivity contribution < 1.29 is 13.2 Å². The Balaban J connectivity index is 2.23. The summed E-state index contributed by atoms with van der Waals surface area (Å²) in [6.45, 7) is 7.33. The molecule has 0 radical (unpaired) electrons. The van der Waals surface area contributed by atoms with Crippen molar-refractivity contribution in [3.05, 3.63) is 63.7 Å². The number of carbonyl (C=O) groups is 1. The third-order valence-electron chi connectivity index (χ3n) is 4.39. The van der Waals surface area contributed by atoms with Crippen molar-refractivity contribution in [2.45, 2.75) is 33.7 Å². The molecule has 0 heterocycles. The van der Waals surface area contributed by atoms with Crippen LogP contribution in [0.1, 0.15) is 35.2 Å². The lowest BCUT2D eigenvalue weighted by molar-refractivity contribution is -0.120. The minimum atomic E-state index is -3.63. The molecule has 27 heavy (non-hydrogen) atoms.